The van der Waals surface area contributed by atoms with Crippen molar-refractivity contribution in [3.05, 3.63) is 35.4 Å². The summed E-state index contributed by atoms with van der Waals surface area (Å²) in [5.74, 6) is 0. The van der Waals surface area contributed by atoms with Crippen LogP contribution < -0.4 is 0 Å². The van der Waals surface area contributed by atoms with E-state index in [2.05, 4.69) is 0 Å². The maximum atomic E-state index is 13.4. The van der Waals surface area contributed by atoms with Gasteiger partial charge in [-0.1, -0.05) is 24.3 Å². The van der Waals surface area contributed by atoms with Gasteiger partial charge < -0.3 is 0 Å². The zero-order valence-corrected chi connectivity index (χ0v) is 7.81. The molecule has 0 saturated carbocycles. The molecule has 0 spiro atoms. The number of alkyl halides is 4. The average molecular weight is 220 g/mol. The third kappa shape index (κ3) is 2.16. The van der Waals surface area contributed by atoms with Crippen LogP contribution >= 0.6 is 0 Å². The van der Waals surface area contributed by atoms with Crippen molar-refractivity contribution in [2.45, 2.75) is 18.8 Å². The Kier molecular flexibility index (Phi) is 2.83. The topological polar surface area (TPSA) is 17.1 Å². The van der Waals surface area contributed by atoms with Crippen LogP contribution in [0.1, 0.15) is 22.8 Å². The van der Waals surface area contributed by atoms with E-state index >= 15 is 0 Å². The quantitative estimate of drug-likeness (QED) is 0.552. The van der Waals surface area contributed by atoms with Gasteiger partial charge in [-0.15, -0.1) is 0 Å². The van der Waals surface area contributed by atoms with E-state index in [1.165, 1.54) is 0 Å². The van der Waals surface area contributed by atoms with Gasteiger partial charge in [0.15, 0.2) is 0 Å². The number of hydrogen-bond acceptors (Lipinski definition) is 1. The number of hydrogen-bond donors (Lipinski definition) is 0. The Hall–Kier alpha value is -1.39. The van der Waals surface area contributed by atoms with Gasteiger partial charge in [0.25, 0.3) is 0 Å². The standard InChI is InChI=1S/C10H8F4O/c1-9(11,10(12,13)14)8-4-2-7(6-15)3-5-8/h2-6H,1H3. The van der Waals surface area contributed by atoms with Gasteiger partial charge in [0.2, 0.25) is 5.67 Å². The second kappa shape index (κ2) is 3.64. The molecule has 0 N–H and O–H groups in total. The van der Waals surface area contributed by atoms with Gasteiger partial charge in [-0.25, -0.2) is 4.39 Å². The van der Waals surface area contributed by atoms with Crippen LogP contribution in [0.25, 0.3) is 0 Å². The summed E-state index contributed by atoms with van der Waals surface area (Å²) in [4.78, 5) is 10.2. The predicted molar refractivity (Wildman–Crippen MR) is 46.3 cm³/mol. The van der Waals surface area contributed by atoms with Gasteiger partial charge >= 0.3 is 6.18 Å². The van der Waals surface area contributed by atoms with Crippen LogP contribution in [0.2, 0.25) is 0 Å². The monoisotopic (exact) mass is 220 g/mol. The van der Waals surface area contributed by atoms with Gasteiger partial charge in [0.05, 0.1) is 0 Å². The number of carbonyl (C=O) groups excluding carboxylic acids is 1. The predicted octanol–water partition coefficient (Wildman–Crippen LogP) is 3.25. The molecule has 1 unspecified atom stereocenters. The fourth-order valence-corrected chi connectivity index (χ4v) is 1.04. The molecule has 0 aromatic heterocycles. The van der Waals surface area contributed by atoms with E-state index in [-0.39, 0.29) is 5.56 Å². The Bertz CT molecular complexity index is 351. The minimum atomic E-state index is -4.96. The molecule has 1 atom stereocenters. The van der Waals surface area contributed by atoms with Crippen molar-refractivity contribution in [3.63, 3.8) is 0 Å². The van der Waals surface area contributed by atoms with Crippen LogP contribution in [0.15, 0.2) is 24.3 Å². The first-order chi connectivity index (χ1) is 6.79. The summed E-state index contributed by atoms with van der Waals surface area (Å²) in [5, 5.41) is 0. The number of halogens is 4. The lowest BCUT2D eigenvalue weighted by molar-refractivity contribution is -0.228. The highest BCUT2D eigenvalue weighted by Crippen LogP contribution is 2.41. The van der Waals surface area contributed by atoms with Crippen molar-refractivity contribution in [1.82, 2.24) is 0 Å². The zero-order valence-electron chi connectivity index (χ0n) is 7.81. The fourth-order valence-electron chi connectivity index (χ4n) is 1.04. The lowest BCUT2D eigenvalue weighted by Gasteiger charge is -2.23. The maximum absolute atomic E-state index is 13.4. The van der Waals surface area contributed by atoms with Gasteiger partial charge in [0.1, 0.15) is 6.29 Å². The second-order valence-electron chi connectivity index (χ2n) is 3.24. The van der Waals surface area contributed by atoms with Crippen LogP contribution in [-0.4, -0.2) is 12.5 Å². The van der Waals surface area contributed by atoms with Crippen LogP contribution in [0.3, 0.4) is 0 Å². The van der Waals surface area contributed by atoms with E-state index < -0.39 is 17.4 Å². The van der Waals surface area contributed by atoms with Crippen molar-refractivity contribution in [2.75, 3.05) is 0 Å². The molecule has 0 fully saturated rings. The van der Waals surface area contributed by atoms with Crippen molar-refractivity contribution in [1.29, 1.82) is 0 Å². The van der Waals surface area contributed by atoms with E-state index in [4.69, 9.17) is 0 Å². The van der Waals surface area contributed by atoms with Crippen LogP contribution in [0.4, 0.5) is 17.6 Å². The van der Waals surface area contributed by atoms with Crippen molar-refractivity contribution < 1.29 is 22.4 Å². The fraction of sp³-hybridized carbons (Fsp3) is 0.300. The molecule has 5 heteroatoms. The third-order valence-electron chi connectivity index (χ3n) is 2.12. The van der Waals surface area contributed by atoms with Crippen LogP contribution in [0.5, 0.6) is 0 Å². The molecular formula is C10H8F4O. The van der Waals surface area contributed by atoms with E-state index in [1.807, 2.05) is 0 Å². The highest BCUT2D eigenvalue weighted by Gasteiger charge is 2.53. The number of aldehydes is 1. The van der Waals surface area contributed by atoms with Crippen LogP contribution in [0, 0.1) is 0 Å². The first kappa shape index (κ1) is 11.7. The molecule has 1 aromatic carbocycles. The summed E-state index contributed by atoms with van der Waals surface area (Å²) in [5.41, 5.74) is -3.70. The molecular weight excluding hydrogens is 212 g/mol. The summed E-state index contributed by atoms with van der Waals surface area (Å²) in [6.45, 7) is 0.447. The summed E-state index contributed by atoms with van der Waals surface area (Å²) in [7, 11) is 0. The maximum Gasteiger partial charge on any atom is 0.426 e. The van der Waals surface area contributed by atoms with Gasteiger partial charge in [-0.2, -0.15) is 13.2 Å². The molecule has 0 saturated heterocycles. The minimum Gasteiger partial charge on any atom is -0.298 e. The normalized spacial score (nSPS) is 15.8. The Labute approximate surface area is 83.7 Å². The van der Waals surface area contributed by atoms with E-state index in [0.717, 1.165) is 24.3 Å². The molecule has 0 heterocycles. The molecule has 0 aliphatic carbocycles. The summed E-state index contributed by atoms with van der Waals surface area (Å²) >= 11 is 0. The summed E-state index contributed by atoms with van der Waals surface area (Å²) in [6, 6.07) is 4.20. The van der Waals surface area contributed by atoms with Gasteiger partial charge in [-0.05, 0) is 12.5 Å². The largest absolute Gasteiger partial charge is 0.426 e. The molecule has 1 aromatic rings. The molecule has 0 aliphatic rings. The van der Waals surface area contributed by atoms with E-state index in [0.29, 0.717) is 13.2 Å². The Balaban J connectivity index is 3.11. The first-order valence-corrected chi connectivity index (χ1v) is 4.10. The van der Waals surface area contributed by atoms with E-state index in [1.54, 1.807) is 0 Å². The molecule has 0 aliphatic heterocycles. The zero-order chi connectivity index (χ0) is 11.7. The molecule has 1 nitrogen and oxygen atoms in total. The molecule has 0 amide bonds. The highest BCUT2D eigenvalue weighted by atomic mass is 19.4. The SMILES string of the molecule is CC(F)(c1ccc(C=O)cc1)C(F)(F)F. The minimum absolute atomic E-state index is 0.205. The number of carbonyl (C=O) groups is 1. The number of rotatable bonds is 2. The Morgan fingerprint density at radius 1 is 1.07 bits per heavy atom. The van der Waals surface area contributed by atoms with Crippen molar-refractivity contribution >= 4 is 6.29 Å². The smallest absolute Gasteiger partial charge is 0.298 e. The Morgan fingerprint density at radius 2 is 1.53 bits per heavy atom. The first-order valence-electron chi connectivity index (χ1n) is 4.10. The molecule has 0 bridgehead atoms. The van der Waals surface area contributed by atoms with Crippen LogP contribution in [-0.2, 0) is 5.67 Å². The molecule has 1 rings (SSSR count). The summed E-state index contributed by atoms with van der Waals surface area (Å²) in [6.07, 6.45) is -4.48. The highest BCUT2D eigenvalue weighted by molar-refractivity contribution is 5.74. The summed E-state index contributed by atoms with van der Waals surface area (Å²) < 4.78 is 50.1. The van der Waals surface area contributed by atoms with Crippen molar-refractivity contribution in [3.8, 4) is 0 Å². The van der Waals surface area contributed by atoms with Gasteiger partial charge in [0, 0.05) is 5.56 Å². The third-order valence-corrected chi connectivity index (χ3v) is 2.12. The number of benzene rings is 1. The average Bonchev–Trinajstić information content (AvgIpc) is 2.16. The van der Waals surface area contributed by atoms with Gasteiger partial charge in [-0.3, -0.25) is 4.79 Å². The Morgan fingerprint density at radius 3 is 1.87 bits per heavy atom. The molecule has 0 radical (unpaired) electrons. The van der Waals surface area contributed by atoms with E-state index in [9.17, 15) is 22.4 Å². The van der Waals surface area contributed by atoms with Crippen molar-refractivity contribution in [2.24, 2.45) is 0 Å². The molecule has 15 heavy (non-hydrogen) atoms. The lowest BCUT2D eigenvalue weighted by atomic mass is 9.96. The second-order valence-corrected chi connectivity index (χ2v) is 3.24. The lowest BCUT2D eigenvalue weighted by Crippen LogP contribution is -2.34. The molecule has 82 valence electrons.